The Morgan fingerprint density at radius 1 is 1.17 bits per heavy atom. The van der Waals surface area contributed by atoms with Crippen LogP contribution >= 0.6 is 0 Å². The number of aromatic carboxylic acids is 1. The van der Waals surface area contributed by atoms with Crippen LogP contribution in [0.25, 0.3) is 0 Å². The van der Waals surface area contributed by atoms with Gasteiger partial charge in [-0.3, -0.25) is 0 Å². The average Bonchev–Trinajstić information content (AvgIpc) is 2.39. The van der Waals surface area contributed by atoms with Crippen LogP contribution < -0.4 is 4.90 Å². The van der Waals surface area contributed by atoms with E-state index in [1.807, 2.05) is 31.0 Å². The van der Waals surface area contributed by atoms with E-state index < -0.39 is 5.97 Å². The number of carboxylic acid groups (broad SMARTS) is 1. The first-order valence-electron chi connectivity index (χ1n) is 5.57. The summed E-state index contributed by atoms with van der Waals surface area (Å²) in [5, 5.41) is 8.84. The molecule has 0 spiro atoms. The van der Waals surface area contributed by atoms with Crippen LogP contribution in [0.3, 0.4) is 0 Å². The van der Waals surface area contributed by atoms with Gasteiger partial charge in [0, 0.05) is 18.9 Å². The summed E-state index contributed by atoms with van der Waals surface area (Å²) >= 11 is 0. The van der Waals surface area contributed by atoms with Gasteiger partial charge in [-0.05, 0) is 42.8 Å². The van der Waals surface area contributed by atoms with Crippen LogP contribution in [0, 0.1) is 6.92 Å². The third-order valence-corrected chi connectivity index (χ3v) is 2.74. The zero-order chi connectivity index (χ0) is 13.1. The molecule has 0 aliphatic rings. The minimum Gasteiger partial charge on any atom is -0.478 e. The predicted octanol–water partition coefficient (Wildman–Crippen LogP) is 2.86. The maximum Gasteiger partial charge on any atom is 0.335 e. The fourth-order valence-electron chi connectivity index (χ4n) is 1.62. The van der Waals surface area contributed by atoms with Gasteiger partial charge in [0.2, 0.25) is 0 Å². The average molecular weight is 242 g/mol. The first-order valence-corrected chi connectivity index (χ1v) is 5.57. The molecule has 0 fully saturated rings. The van der Waals surface area contributed by atoms with Gasteiger partial charge in [-0.25, -0.2) is 9.78 Å². The van der Waals surface area contributed by atoms with Gasteiger partial charge in [0.25, 0.3) is 0 Å². The Hall–Kier alpha value is -2.36. The smallest absolute Gasteiger partial charge is 0.335 e. The number of nitrogens with zero attached hydrogens (tertiary/aromatic N) is 2. The first kappa shape index (κ1) is 12.1. The summed E-state index contributed by atoms with van der Waals surface area (Å²) in [4.78, 5) is 17.0. The number of benzene rings is 1. The summed E-state index contributed by atoms with van der Waals surface area (Å²) < 4.78 is 0. The van der Waals surface area contributed by atoms with E-state index in [4.69, 9.17) is 5.11 Å². The van der Waals surface area contributed by atoms with Gasteiger partial charge in [-0.15, -0.1) is 0 Å². The Morgan fingerprint density at radius 2 is 1.83 bits per heavy atom. The molecule has 0 aliphatic carbocycles. The maximum absolute atomic E-state index is 10.8. The molecule has 1 heterocycles. The lowest BCUT2D eigenvalue weighted by atomic mass is 10.2. The number of aryl methyl sites for hydroxylation is 1. The molecule has 92 valence electrons. The van der Waals surface area contributed by atoms with Crippen molar-refractivity contribution in [3.05, 3.63) is 53.7 Å². The monoisotopic (exact) mass is 242 g/mol. The van der Waals surface area contributed by atoms with Gasteiger partial charge in [0.05, 0.1) is 5.56 Å². The van der Waals surface area contributed by atoms with Crippen LogP contribution in [0.15, 0.2) is 42.6 Å². The molecule has 0 unspecified atom stereocenters. The summed E-state index contributed by atoms with van der Waals surface area (Å²) in [6, 6.07) is 10.6. The van der Waals surface area contributed by atoms with Crippen LogP contribution in [0.4, 0.5) is 11.5 Å². The van der Waals surface area contributed by atoms with Crippen molar-refractivity contribution >= 4 is 17.5 Å². The van der Waals surface area contributed by atoms with E-state index in [-0.39, 0.29) is 5.56 Å². The van der Waals surface area contributed by atoms with Crippen molar-refractivity contribution in [3.8, 4) is 0 Å². The number of rotatable bonds is 3. The van der Waals surface area contributed by atoms with Crippen LogP contribution in [0.1, 0.15) is 15.9 Å². The number of anilines is 2. The van der Waals surface area contributed by atoms with Crippen LogP contribution in [-0.4, -0.2) is 23.1 Å². The summed E-state index contributed by atoms with van der Waals surface area (Å²) in [7, 11) is 1.90. The van der Waals surface area contributed by atoms with Gasteiger partial charge in [0.15, 0.2) is 0 Å². The summed E-state index contributed by atoms with van der Waals surface area (Å²) in [6.07, 6.45) is 1.80. The van der Waals surface area contributed by atoms with Crippen LogP contribution in [-0.2, 0) is 0 Å². The highest BCUT2D eigenvalue weighted by molar-refractivity contribution is 5.88. The van der Waals surface area contributed by atoms with E-state index in [0.717, 1.165) is 17.1 Å². The minimum atomic E-state index is -0.919. The lowest BCUT2D eigenvalue weighted by molar-refractivity contribution is 0.0697. The van der Waals surface area contributed by atoms with Crippen LogP contribution in [0.5, 0.6) is 0 Å². The normalized spacial score (nSPS) is 10.1. The zero-order valence-electron chi connectivity index (χ0n) is 10.3. The van der Waals surface area contributed by atoms with Gasteiger partial charge >= 0.3 is 5.97 Å². The largest absolute Gasteiger partial charge is 0.478 e. The van der Waals surface area contributed by atoms with Crippen molar-refractivity contribution in [3.63, 3.8) is 0 Å². The summed E-state index contributed by atoms with van der Waals surface area (Å²) in [6.45, 7) is 1.98. The van der Waals surface area contributed by atoms with E-state index in [9.17, 15) is 4.79 Å². The highest BCUT2D eigenvalue weighted by atomic mass is 16.4. The molecular weight excluding hydrogens is 228 g/mol. The summed E-state index contributed by atoms with van der Waals surface area (Å²) in [5.74, 6) is -0.0960. The first-order chi connectivity index (χ1) is 8.58. The number of pyridine rings is 1. The molecule has 2 aromatic rings. The summed E-state index contributed by atoms with van der Waals surface area (Å²) in [5.41, 5.74) is 2.29. The molecule has 1 aromatic carbocycles. The number of hydrogen-bond donors (Lipinski definition) is 1. The van der Waals surface area contributed by atoms with Gasteiger partial charge < -0.3 is 10.0 Å². The fourth-order valence-corrected chi connectivity index (χ4v) is 1.62. The molecule has 0 amide bonds. The molecule has 0 aliphatic heterocycles. The van der Waals surface area contributed by atoms with Crippen molar-refractivity contribution in [1.29, 1.82) is 0 Å². The second-order valence-electron chi connectivity index (χ2n) is 4.10. The molecule has 4 heteroatoms. The van der Waals surface area contributed by atoms with Gasteiger partial charge in [0.1, 0.15) is 5.82 Å². The Morgan fingerprint density at radius 3 is 2.33 bits per heavy atom. The molecule has 0 saturated heterocycles. The van der Waals surface area contributed by atoms with Crippen molar-refractivity contribution in [2.45, 2.75) is 6.92 Å². The Balaban J connectivity index is 2.25. The Labute approximate surface area is 106 Å². The second-order valence-corrected chi connectivity index (χ2v) is 4.10. The molecule has 18 heavy (non-hydrogen) atoms. The lowest BCUT2D eigenvalue weighted by Gasteiger charge is -2.18. The number of hydrogen-bond acceptors (Lipinski definition) is 3. The SMILES string of the molecule is Cc1ccc(N(C)c2ccc(C(=O)O)cc2)nc1. The molecule has 0 saturated carbocycles. The van der Waals surface area contributed by atoms with E-state index in [2.05, 4.69) is 4.98 Å². The number of carboxylic acids is 1. The molecule has 0 atom stereocenters. The molecule has 4 nitrogen and oxygen atoms in total. The third kappa shape index (κ3) is 2.48. The fraction of sp³-hybridized carbons (Fsp3) is 0.143. The van der Waals surface area contributed by atoms with E-state index in [1.54, 1.807) is 30.5 Å². The molecule has 0 bridgehead atoms. The van der Waals surface area contributed by atoms with E-state index >= 15 is 0 Å². The Kier molecular flexibility index (Phi) is 3.28. The highest BCUT2D eigenvalue weighted by Crippen LogP contribution is 2.21. The lowest BCUT2D eigenvalue weighted by Crippen LogP contribution is -2.11. The van der Waals surface area contributed by atoms with Gasteiger partial charge in [-0.2, -0.15) is 0 Å². The second kappa shape index (κ2) is 4.87. The third-order valence-electron chi connectivity index (χ3n) is 2.74. The Bertz CT molecular complexity index is 547. The number of aromatic nitrogens is 1. The predicted molar refractivity (Wildman–Crippen MR) is 70.4 cm³/mol. The van der Waals surface area contributed by atoms with Crippen molar-refractivity contribution in [1.82, 2.24) is 4.98 Å². The van der Waals surface area contributed by atoms with E-state index in [1.165, 1.54) is 0 Å². The molecule has 1 N–H and O–H groups in total. The molecule has 0 radical (unpaired) electrons. The van der Waals surface area contributed by atoms with Crippen molar-refractivity contribution in [2.24, 2.45) is 0 Å². The molecular formula is C14H14N2O2. The van der Waals surface area contributed by atoms with Gasteiger partial charge in [-0.1, -0.05) is 6.07 Å². The number of carbonyl (C=O) groups is 1. The van der Waals surface area contributed by atoms with Crippen molar-refractivity contribution in [2.75, 3.05) is 11.9 Å². The molecule has 1 aromatic heterocycles. The van der Waals surface area contributed by atoms with Crippen LogP contribution in [0.2, 0.25) is 0 Å². The minimum absolute atomic E-state index is 0.281. The van der Waals surface area contributed by atoms with E-state index in [0.29, 0.717) is 0 Å². The molecule has 2 rings (SSSR count). The quantitative estimate of drug-likeness (QED) is 0.899. The standard InChI is InChI=1S/C14H14N2O2/c1-10-3-8-13(15-9-10)16(2)12-6-4-11(5-7-12)14(17)18/h3-9H,1-2H3,(H,17,18). The topological polar surface area (TPSA) is 53.4 Å². The highest BCUT2D eigenvalue weighted by Gasteiger charge is 2.07. The van der Waals surface area contributed by atoms with Crippen molar-refractivity contribution < 1.29 is 9.90 Å². The zero-order valence-corrected chi connectivity index (χ0v) is 10.3. The maximum atomic E-state index is 10.8.